The summed E-state index contributed by atoms with van der Waals surface area (Å²) in [5, 5.41) is 9.76. The van der Waals surface area contributed by atoms with Crippen molar-refractivity contribution in [3.8, 4) is 11.3 Å². The van der Waals surface area contributed by atoms with Gasteiger partial charge in [0.15, 0.2) is 0 Å². The molecule has 0 saturated heterocycles. The molecule has 194 valence electrons. The highest BCUT2D eigenvalue weighted by Gasteiger charge is 2.40. The first-order valence-corrected chi connectivity index (χ1v) is 12.0. The molecule has 0 atom stereocenters. The van der Waals surface area contributed by atoms with Gasteiger partial charge in [0.1, 0.15) is 41.5 Å². The monoisotopic (exact) mass is 520 g/mol. The molecule has 2 amide bonds. The van der Waals surface area contributed by atoms with E-state index in [0.717, 1.165) is 30.2 Å². The summed E-state index contributed by atoms with van der Waals surface area (Å²) in [5.41, 5.74) is -0.593. The molecule has 8 nitrogen and oxygen atoms in total. The van der Waals surface area contributed by atoms with Crippen LogP contribution in [-0.4, -0.2) is 31.6 Å². The number of carbonyl (C=O) groups excluding carboxylic acids is 2. The molecule has 2 heterocycles. The Morgan fingerprint density at radius 1 is 0.947 bits per heavy atom. The SMILES string of the molecule is O=C(CCn1cncn1)Nc1ccc(C2(NC(=O)c3ccc(F)c(-c4c(F)cccc4F)n3)CCC2)cc1. The normalized spacial score (nSPS) is 14.0. The first kappa shape index (κ1) is 25.1. The number of benzene rings is 2. The number of aromatic nitrogens is 4. The molecule has 2 N–H and O–H groups in total. The number of halogens is 3. The van der Waals surface area contributed by atoms with E-state index >= 15 is 0 Å². The molecule has 1 aliphatic rings. The van der Waals surface area contributed by atoms with Gasteiger partial charge in [0.2, 0.25) is 5.91 Å². The van der Waals surface area contributed by atoms with Gasteiger partial charge in [0.05, 0.1) is 17.6 Å². The summed E-state index contributed by atoms with van der Waals surface area (Å²) >= 11 is 0. The van der Waals surface area contributed by atoms with Gasteiger partial charge in [-0.25, -0.2) is 23.1 Å². The van der Waals surface area contributed by atoms with Crippen molar-refractivity contribution in [1.29, 1.82) is 0 Å². The molecule has 1 fully saturated rings. The van der Waals surface area contributed by atoms with Crippen molar-refractivity contribution in [3.05, 3.63) is 96.0 Å². The van der Waals surface area contributed by atoms with Gasteiger partial charge in [0, 0.05) is 12.1 Å². The second-order valence-electron chi connectivity index (χ2n) is 9.05. The van der Waals surface area contributed by atoms with Gasteiger partial charge in [-0.3, -0.25) is 14.3 Å². The van der Waals surface area contributed by atoms with Crippen molar-refractivity contribution in [2.75, 3.05) is 5.32 Å². The number of hydrogen-bond acceptors (Lipinski definition) is 5. The van der Waals surface area contributed by atoms with Crippen LogP contribution < -0.4 is 10.6 Å². The molecule has 5 rings (SSSR count). The fraction of sp³-hybridized carbons (Fsp3) is 0.222. The number of nitrogens with zero attached hydrogens (tertiary/aromatic N) is 4. The highest BCUT2D eigenvalue weighted by molar-refractivity contribution is 5.94. The molecular weight excluding hydrogens is 497 g/mol. The largest absolute Gasteiger partial charge is 0.341 e. The average Bonchev–Trinajstić information content (AvgIpc) is 3.40. The summed E-state index contributed by atoms with van der Waals surface area (Å²) in [7, 11) is 0. The van der Waals surface area contributed by atoms with Crippen LogP contribution in [0.4, 0.5) is 18.9 Å². The van der Waals surface area contributed by atoms with Crippen molar-refractivity contribution in [1.82, 2.24) is 25.1 Å². The van der Waals surface area contributed by atoms with E-state index in [0.29, 0.717) is 25.1 Å². The highest BCUT2D eigenvalue weighted by atomic mass is 19.1. The molecule has 0 radical (unpaired) electrons. The highest BCUT2D eigenvalue weighted by Crippen LogP contribution is 2.42. The molecule has 11 heteroatoms. The number of nitrogens with one attached hydrogen (secondary N) is 2. The van der Waals surface area contributed by atoms with E-state index in [1.54, 1.807) is 16.8 Å². The Hall–Kier alpha value is -4.54. The zero-order valence-corrected chi connectivity index (χ0v) is 20.1. The second-order valence-corrected chi connectivity index (χ2v) is 9.05. The van der Waals surface area contributed by atoms with Crippen LogP contribution in [0.5, 0.6) is 0 Å². The van der Waals surface area contributed by atoms with Crippen LogP contribution in [0.25, 0.3) is 11.3 Å². The predicted molar refractivity (Wildman–Crippen MR) is 132 cm³/mol. The van der Waals surface area contributed by atoms with Gasteiger partial charge >= 0.3 is 0 Å². The Balaban J connectivity index is 1.29. The van der Waals surface area contributed by atoms with E-state index < -0.39 is 40.2 Å². The minimum absolute atomic E-state index is 0.161. The molecular formula is C27H23F3N6O2. The van der Waals surface area contributed by atoms with Crippen molar-refractivity contribution in [2.45, 2.75) is 37.8 Å². The summed E-state index contributed by atoms with van der Waals surface area (Å²) in [6, 6.07) is 12.5. The summed E-state index contributed by atoms with van der Waals surface area (Å²) in [4.78, 5) is 33.2. The molecule has 2 aromatic carbocycles. The lowest BCUT2D eigenvalue weighted by Gasteiger charge is -2.43. The maximum Gasteiger partial charge on any atom is 0.270 e. The molecule has 1 aliphatic carbocycles. The van der Waals surface area contributed by atoms with Crippen molar-refractivity contribution < 1.29 is 22.8 Å². The molecule has 0 bridgehead atoms. The van der Waals surface area contributed by atoms with Crippen molar-refractivity contribution in [3.63, 3.8) is 0 Å². The van der Waals surface area contributed by atoms with Crippen LogP contribution >= 0.6 is 0 Å². The fourth-order valence-corrected chi connectivity index (χ4v) is 4.43. The van der Waals surface area contributed by atoms with Gasteiger partial charge in [0.25, 0.3) is 5.91 Å². The number of pyridine rings is 1. The van der Waals surface area contributed by atoms with Gasteiger partial charge < -0.3 is 10.6 Å². The number of hydrogen-bond donors (Lipinski definition) is 2. The third-order valence-electron chi connectivity index (χ3n) is 6.59. The third-order valence-corrected chi connectivity index (χ3v) is 6.59. The lowest BCUT2D eigenvalue weighted by molar-refractivity contribution is -0.116. The van der Waals surface area contributed by atoms with E-state index in [2.05, 4.69) is 25.7 Å². The van der Waals surface area contributed by atoms with E-state index in [1.807, 2.05) is 12.1 Å². The van der Waals surface area contributed by atoms with Crippen LogP contribution in [0.1, 0.15) is 41.7 Å². The molecule has 2 aromatic heterocycles. The number of carbonyl (C=O) groups is 2. The predicted octanol–water partition coefficient (Wildman–Crippen LogP) is 4.60. The van der Waals surface area contributed by atoms with Crippen LogP contribution in [-0.2, 0) is 16.9 Å². The summed E-state index contributed by atoms with van der Waals surface area (Å²) < 4.78 is 44.5. The van der Waals surface area contributed by atoms with Crippen LogP contribution in [0, 0.1) is 17.5 Å². The number of rotatable bonds is 8. The summed E-state index contributed by atoms with van der Waals surface area (Å²) in [6.45, 7) is 0.405. The van der Waals surface area contributed by atoms with Gasteiger partial charge in [-0.1, -0.05) is 18.2 Å². The smallest absolute Gasteiger partial charge is 0.270 e. The van der Waals surface area contributed by atoms with Crippen LogP contribution in [0.15, 0.2) is 67.3 Å². The van der Waals surface area contributed by atoms with Crippen molar-refractivity contribution in [2.24, 2.45) is 0 Å². The first-order valence-electron chi connectivity index (χ1n) is 12.0. The number of anilines is 1. The molecule has 38 heavy (non-hydrogen) atoms. The lowest BCUT2D eigenvalue weighted by Crippen LogP contribution is -2.51. The minimum atomic E-state index is -0.977. The average molecular weight is 521 g/mol. The topological polar surface area (TPSA) is 102 Å². The van der Waals surface area contributed by atoms with E-state index in [9.17, 15) is 22.8 Å². The zero-order valence-electron chi connectivity index (χ0n) is 20.1. The second kappa shape index (κ2) is 10.4. The number of amides is 2. The van der Waals surface area contributed by atoms with E-state index in [-0.39, 0.29) is 18.0 Å². The Labute approximate surface area is 215 Å². The van der Waals surface area contributed by atoms with Gasteiger partial charge in [-0.2, -0.15) is 5.10 Å². The molecule has 0 spiro atoms. The van der Waals surface area contributed by atoms with Gasteiger partial charge in [-0.15, -0.1) is 0 Å². The Kier molecular flexibility index (Phi) is 6.91. The van der Waals surface area contributed by atoms with Gasteiger partial charge in [-0.05, 0) is 61.2 Å². The first-order chi connectivity index (χ1) is 18.3. The van der Waals surface area contributed by atoms with Crippen LogP contribution in [0.3, 0.4) is 0 Å². The van der Waals surface area contributed by atoms with Crippen LogP contribution in [0.2, 0.25) is 0 Å². The Morgan fingerprint density at radius 3 is 2.32 bits per heavy atom. The Bertz CT molecular complexity index is 1450. The van der Waals surface area contributed by atoms with Crippen molar-refractivity contribution >= 4 is 17.5 Å². The maximum absolute atomic E-state index is 14.4. The standard InChI is InChI=1S/C27H23F3N6O2/c28-19-3-1-4-20(29)24(19)25-21(30)9-10-22(34-25)26(38)35-27(12-2-13-27)17-5-7-18(8-6-17)33-23(37)11-14-36-16-31-15-32-36/h1,3-10,15-16H,2,11-14H2,(H,33,37)(H,35,38). The summed E-state index contributed by atoms with van der Waals surface area (Å²) in [5.74, 6) is -3.66. The molecule has 4 aromatic rings. The van der Waals surface area contributed by atoms with E-state index in [4.69, 9.17) is 0 Å². The minimum Gasteiger partial charge on any atom is -0.341 e. The van der Waals surface area contributed by atoms with E-state index in [1.165, 1.54) is 24.8 Å². The fourth-order valence-electron chi connectivity index (χ4n) is 4.43. The number of aryl methyl sites for hydroxylation is 1. The molecule has 0 aliphatic heterocycles. The quantitative estimate of drug-likeness (QED) is 0.354. The Morgan fingerprint density at radius 2 is 1.68 bits per heavy atom. The third kappa shape index (κ3) is 5.13. The summed E-state index contributed by atoms with van der Waals surface area (Å²) in [6.07, 6.45) is 5.38. The maximum atomic E-state index is 14.4. The zero-order chi connectivity index (χ0) is 26.7. The molecule has 1 saturated carbocycles. The molecule has 0 unspecified atom stereocenters. The lowest BCUT2D eigenvalue weighted by atomic mass is 9.71.